The van der Waals surface area contributed by atoms with E-state index >= 15 is 0 Å². The Morgan fingerprint density at radius 3 is 2.58 bits per heavy atom. The highest BCUT2D eigenvalue weighted by atomic mass is 35.5. The van der Waals surface area contributed by atoms with Gasteiger partial charge in [0, 0.05) is 38.0 Å². The highest BCUT2D eigenvalue weighted by Gasteiger charge is 2.29. The van der Waals surface area contributed by atoms with Gasteiger partial charge in [0.1, 0.15) is 5.69 Å². The first-order valence-electron chi connectivity index (χ1n) is 8.36. The summed E-state index contributed by atoms with van der Waals surface area (Å²) in [6.45, 7) is 5.76. The van der Waals surface area contributed by atoms with E-state index in [9.17, 15) is 13.2 Å². The molecule has 0 aliphatic carbocycles. The number of rotatable bonds is 8. The topological polar surface area (TPSA) is 106 Å². The van der Waals surface area contributed by atoms with E-state index in [-0.39, 0.29) is 36.8 Å². The van der Waals surface area contributed by atoms with E-state index < -0.39 is 10.0 Å². The number of thiazole rings is 1. The van der Waals surface area contributed by atoms with Crippen LogP contribution in [0, 0.1) is 0 Å². The summed E-state index contributed by atoms with van der Waals surface area (Å²) in [7, 11) is -3.35. The normalized spacial score (nSPS) is 15.9. The number of aromatic nitrogens is 1. The average Bonchev–Trinajstić information content (AvgIpc) is 3.03. The second kappa shape index (κ2) is 10.5. The van der Waals surface area contributed by atoms with Gasteiger partial charge >= 0.3 is 0 Å². The van der Waals surface area contributed by atoms with Gasteiger partial charge < -0.3 is 15.4 Å². The summed E-state index contributed by atoms with van der Waals surface area (Å²) in [6.07, 6.45) is 0.662. The number of halogens is 1. The van der Waals surface area contributed by atoms with Crippen LogP contribution in [-0.4, -0.2) is 79.7 Å². The van der Waals surface area contributed by atoms with Gasteiger partial charge in [-0.15, -0.1) is 23.7 Å². The van der Waals surface area contributed by atoms with Gasteiger partial charge in [-0.3, -0.25) is 4.79 Å². The zero-order valence-electron chi connectivity index (χ0n) is 15.1. The fraction of sp³-hybridized carbons (Fsp3) is 0.733. The van der Waals surface area contributed by atoms with E-state index in [0.29, 0.717) is 44.8 Å². The predicted molar refractivity (Wildman–Crippen MR) is 104 cm³/mol. The maximum Gasteiger partial charge on any atom is 0.273 e. The number of nitrogens with two attached hydrogens (primary N) is 1. The van der Waals surface area contributed by atoms with E-state index in [2.05, 4.69) is 4.98 Å². The van der Waals surface area contributed by atoms with Gasteiger partial charge in [0.05, 0.1) is 23.5 Å². The second-order valence-electron chi connectivity index (χ2n) is 6.09. The number of hydrogen-bond donors (Lipinski definition) is 1. The molecule has 1 fully saturated rings. The number of carbonyl (C=O) groups excluding carboxylic acids is 1. The molecule has 1 aromatic rings. The Labute approximate surface area is 165 Å². The van der Waals surface area contributed by atoms with Gasteiger partial charge in [0.25, 0.3) is 5.91 Å². The number of nitrogens with zero attached hydrogens (tertiary/aromatic N) is 3. The summed E-state index contributed by atoms with van der Waals surface area (Å²) in [5.41, 5.74) is 5.91. The Bertz CT molecular complexity index is 673. The summed E-state index contributed by atoms with van der Waals surface area (Å²) < 4.78 is 31.4. The standard InChI is InChI=1S/C15H26N4O4S2.ClH/c1-12(2)23-9-10-25(21,22)19-7-5-18(6-8-19)15(20)13-11-24-14(17-13)3-4-16;/h11-12H,3-10,16H2,1-2H3;1H. The minimum absolute atomic E-state index is 0. The fourth-order valence-corrected chi connectivity index (χ4v) is 4.57. The van der Waals surface area contributed by atoms with E-state index in [1.54, 1.807) is 10.3 Å². The molecule has 0 saturated carbocycles. The number of sulfonamides is 1. The molecule has 11 heteroatoms. The largest absolute Gasteiger partial charge is 0.378 e. The fourth-order valence-electron chi connectivity index (χ4n) is 2.50. The Kier molecular flexibility index (Phi) is 9.42. The van der Waals surface area contributed by atoms with Crippen LogP contribution in [0.3, 0.4) is 0 Å². The molecule has 0 bridgehead atoms. The lowest BCUT2D eigenvalue weighted by Crippen LogP contribution is -2.51. The maximum atomic E-state index is 12.5. The van der Waals surface area contributed by atoms with Crippen LogP contribution < -0.4 is 5.73 Å². The minimum Gasteiger partial charge on any atom is -0.378 e. The van der Waals surface area contributed by atoms with Crippen LogP contribution in [0.4, 0.5) is 0 Å². The first-order chi connectivity index (χ1) is 11.8. The van der Waals surface area contributed by atoms with Crippen LogP contribution in [0.5, 0.6) is 0 Å². The van der Waals surface area contributed by atoms with Crippen molar-refractivity contribution in [1.82, 2.24) is 14.2 Å². The number of amides is 1. The number of carbonyl (C=O) groups is 1. The number of ether oxygens (including phenoxy) is 1. The molecule has 0 atom stereocenters. The third kappa shape index (κ3) is 6.43. The van der Waals surface area contributed by atoms with Crippen molar-refractivity contribution < 1.29 is 17.9 Å². The summed E-state index contributed by atoms with van der Waals surface area (Å²) >= 11 is 1.42. The predicted octanol–water partition coefficient (Wildman–Crippen LogP) is 0.579. The Morgan fingerprint density at radius 1 is 1.35 bits per heavy atom. The molecule has 1 saturated heterocycles. The maximum absolute atomic E-state index is 12.5. The monoisotopic (exact) mass is 426 g/mol. The van der Waals surface area contributed by atoms with Gasteiger partial charge in [-0.05, 0) is 20.4 Å². The molecule has 8 nitrogen and oxygen atoms in total. The van der Waals surface area contributed by atoms with Gasteiger partial charge in [0.15, 0.2) is 0 Å². The van der Waals surface area contributed by atoms with E-state index in [1.165, 1.54) is 15.6 Å². The summed E-state index contributed by atoms with van der Waals surface area (Å²) in [5, 5.41) is 2.58. The summed E-state index contributed by atoms with van der Waals surface area (Å²) in [5.74, 6) is -0.187. The summed E-state index contributed by atoms with van der Waals surface area (Å²) in [4.78, 5) is 18.4. The Morgan fingerprint density at radius 2 is 2.00 bits per heavy atom. The minimum atomic E-state index is -3.35. The molecular formula is C15H27ClN4O4S2. The van der Waals surface area contributed by atoms with Gasteiger partial charge in [-0.2, -0.15) is 4.31 Å². The van der Waals surface area contributed by atoms with Crippen LogP contribution in [0.1, 0.15) is 29.3 Å². The molecule has 26 heavy (non-hydrogen) atoms. The lowest BCUT2D eigenvalue weighted by molar-refractivity contribution is 0.0688. The molecule has 2 N–H and O–H groups in total. The lowest BCUT2D eigenvalue weighted by atomic mass is 10.3. The van der Waals surface area contributed by atoms with Crippen LogP contribution >= 0.6 is 23.7 Å². The zero-order valence-corrected chi connectivity index (χ0v) is 17.5. The van der Waals surface area contributed by atoms with E-state index in [1.807, 2.05) is 13.8 Å². The third-order valence-corrected chi connectivity index (χ3v) is 6.58. The summed E-state index contributed by atoms with van der Waals surface area (Å²) in [6, 6.07) is 0. The molecule has 0 aromatic carbocycles. The van der Waals surface area contributed by atoms with Gasteiger partial charge in [-0.25, -0.2) is 13.4 Å². The molecule has 1 aliphatic heterocycles. The molecule has 2 heterocycles. The lowest BCUT2D eigenvalue weighted by Gasteiger charge is -2.33. The van der Waals surface area contributed by atoms with Gasteiger partial charge in [0.2, 0.25) is 10.0 Å². The second-order valence-corrected chi connectivity index (χ2v) is 9.12. The van der Waals surface area contributed by atoms with Gasteiger partial charge in [-0.1, -0.05) is 0 Å². The van der Waals surface area contributed by atoms with Crippen LogP contribution in [-0.2, 0) is 21.2 Å². The average molecular weight is 427 g/mol. The highest BCUT2D eigenvalue weighted by molar-refractivity contribution is 7.89. The van der Waals surface area contributed by atoms with Crippen molar-refractivity contribution in [1.29, 1.82) is 0 Å². The Balaban J connectivity index is 0.00000338. The van der Waals surface area contributed by atoms with Crippen molar-refractivity contribution in [2.75, 3.05) is 45.1 Å². The van der Waals surface area contributed by atoms with Crippen LogP contribution in [0.25, 0.3) is 0 Å². The molecule has 1 amide bonds. The molecule has 2 rings (SSSR count). The van der Waals surface area contributed by atoms with E-state index in [0.717, 1.165) is 5.01 Å². The van der Waals surface area contributed by atoms with Crippen LogP contribution in [0.2, 0.25) is 0 Å². The number of hydrogen-bond acceptors (Lipinski definition) is 7. The molecule has 0 unspecified atom stereocenters. The van der Waals surface area contributed by atoms with Crippen LogP contribution in [0.15, 0.2) is 5.38 Å². The zero-order chi connectivity index (χ0) is 18.4. The number of piperazine rings is 1. The van der Waals surface area contributed by atoms with E-state index in [4.69, 9.17) is 10.5 Å². The molecule has 150 valence electrons. The SMILES string of the molecule is CC(C)OCCS(=O)(=O)N1CCN(C(=O)c2csc(CCN)n2)CC1.Cl. The molecule has 0 radical (unpaired) electrons. The first kappa shape index (κ1) is 23.3. The first-order valence-corrected chi connectivity index (χ1v) is 10.9. The highest BCUT2D eigenvalue weighted by Crippen LogP contribution is 2.15. The Hall–Kier alpha value is -0.780. The molecule has 1 aromatic heterocycles. The third-order valence-electron chi connectivity index (χ3n) is 3.84. The molecular weight excluding hydrogens is 400 g/mol. The van der Waals surface area contributed by atoms with Crippen molar-refractivity contribution in [2.45, 2.75) is 26.4 Å². The van der Waals surface area contributed by atoms with Crippen molar-refractivity contribution in [2.24, 2.45) is 5.73 Å². The van der Waals surface area contributed by atoms with Crippen molar-refractivity contribution in [3.63, 3.8) is 0 Å². The molecule has 0 spiro atoms. The van der Waals surface area contributed by atoms with Crippen molar-refractivity contribution in [3.05, 3.63) is 16.1 Å². The smallest absolute Gasteiger partial charge is 0.273 e. The quantitative estimate of drug-likeness (QED) is 0.651. The van der Waals surface area contributed by atoms with Crippen molar-refractivity contribution in [3.8, 4) is 0 Å². The molecule has 1 aliphatic rings. The van der Waals surface area contributed by atoms with Crippen molar-refractivity contribution >= 4 is 39.7 Å².